The second kappa shape index (κ2) is 28.2. The SMILES string of the molecule is CC(C)CC(=O)[O-].CC(C)CC(=O)[O-].CC(C)CC(=O)[O-].[NH4+].[O-2].[O-2].[U]. The molecule has 25 heavy (non-hydrogen) atoms. The molecule has 0 amide bonds. The molecule has 0 rings (SSSR count). The van der Waals surface area contributed by atoms with Gasteiger partial charge < -0.3 is 46.8 Å². The van der Waals surface area contributed by atoms with Crippen molar-refractivity contribution in [3.05, 3.63) is 0 Å². The maximum absolute atomic E-state index is 9.70. The Hall–Kier alpha value is -0.658. The van der Waals surface area contributed by atoms with E-state index in [1.165, 1.54) is 0 Å². The van der Waals surface area contributed by atoms with E-state index < -0.39 is 17.9 Å². The molecule has 0 atom stereocenters. The minimum Gasteiger partial charge on any atom is -2.00 e. The fourth-order valence-electron chi connectivity index (χ4n) is 1.00. The topological polar surface area (TPSA) is 214 Å². The van der Waals surface area contributed by atoms with Crippen LogP contribution in [0.25, 0.3) is 0 Å². The van der Waals surface area contributed by atoms with E-state index in [1.54, 1.807) is 0 Å². The molecule has 0 aromatic heterocycles. The quantitative estimate of drug-likeness (QED) is 0.429. The van der Waals surface area contributed by atoms with E-state index in [4.69, 9.17) is 0 Å². The fraction of sp³-hybridized carbons (Fsp3) is 0.800. The molecule has 0 fully saturated rings. The third-order valence-corrected chi connectivity index (χ3v) is 1.72. The van der Waals surface area contributed by atoms with Crippen molar-refractivity contribution in [2.45, 2.75) is 60.8 Å². The number of quaternary nitrogens is 1. The predicted octanol–water partition coefficient (Wildman–Crippen LogP) is -0.514. The summed E-state index contributed by atoms with van der Waals surface area (Å²) in [7, 11) is 0. The monoisotopic (exact) mass is 591 g/mol. The Labute approximate surface area is 174 Å². The summed E-state index contributed by atoms with van der Waals surface area (Å²) < 4.78 is 0. The van der Waals surface area contributed by atoms with Crippen LogP contribution in [-0.2, 0) is 25.3 Å². The number of aliphatic carboxylic acids is 3. The Morgan fingerprint density at radius 2 is 0.720 bits per heavy atom. The summed E-state index contributed by atoms with van der Waals surface area (Å²) in [5.74, 6) is -2.25. The van der Waals surface area contributed by atoms with E-state index in [1.807, 2.05) is 41.5 Å². The molecule has 0 saturated heterocycles. The van der Waals surface area contributed by atoms with Crippen LogP contribution in [0.3, 0.4) is 0 Å². The van der Waals surface area contributed by atoms with Crippen molar-refractivity contribution in [2.24, 2.45) is 17.8 Å². The summed E-state index contributed by atoms with van der Waals surface area (Å²) in [5.41, 5.74) is 0. The smallest absolute Gasteiger partial charge is 0.0416 e. The van der Waals surface area contributed by atoms with Crippen molar-refractivity contribution in [3.8, 4) is 0 Å². The standard InChI is InChI=1S/3C5H10O2.H3N.2O.U/c3*1-4(2)3-5(6)7;;;;/h3*4H,3H2,1-2H3,(H,6,7);1H3;;;/q;;;;2*-2;/p-2. The molecular formula is C15H31NO8U-6. The van der Waals surface area contributed by atoms with Gasteiger partial charge in [0.2, 0.25) is 0 Å². The zero-order chi connectivity index (χ0) is 17.6. The third kappa shape index (κ3) is 82.6. The van der Waals surface area contributed by atoms with Crippen LogP contribution in [0.2, 0.25) is 0 Å². The van der Waals surface area contributed by atoms with Gasteiger partial charge in [0.25, 0.3) is 0 Å². The van der Waals surface area contributed by atoms with Gasteiger partial charge in [-0.1, -0.05) is 41.5 Å². The van der Waals surface area contributed by atoms with Crippen LogP contribution in [0.4, 0.5) is 0 Å². The minimum atomic E-state index is -0.963. The van der Waals surface area contributed by atoms with E-state index >= 15 is 0 Å². The van der Waals surface area contributed by atoms with E-state index in [-0.39, 0.29) is 85.2 Å². The van der Waals surface area contributed by atoms with Crippen molar-refractivity contribution in [2.75, 3.05) is 0 Å². The van der Waals surface area contributed by atoms with E-state index in [0.29, 0.717) is 0 Å². The van der Waals surface area contributed by atoms with Crippen molar-refractivity contribution in [1.29, 1.82) is 0 Å². The number of hydrogen-bond donors (Lipinski definition) is 1. The summed E-state index contributed by atoms with van der Waals surface area (Å²) in [6.45, 7) is 11.1. The van der Waals surface area contributed by atoms with E-state index in [9.17, 15) is 29.7 Å². The molecular weight excluding hydrogens is 560 g/mol. The first-order valence-electron chi connectivity index (χ1n) is 6.97. The molecule has 0 aromatic rings. The zero-order valence-corrected chi connectivity index (χ0v) is 20.3. The van der Waals surface area contributed by atoms with Gasteiger partial charge in [0.15, 0.2) is 0 Å². The van der Waals surface area contributed by atoms with Gasteiger partial charge in [-0.25, -0.2) is 0 Å². The number of carboxylic acids is 3. The molecule has 4 N–H and O–H groups in total. The molecule has 10 heteroatoms. The zero-order valence-electron chi connectivity index (χ0n) is 16.1. The Kier molecular flexibility index (Phi) is 49.7. The molecule has 0 bridgehead atoms. The largest absolute Gasteiger partial charge is 2.00 e. The summed E-state index contributed by atoms with van der Waals surface area (Å²) in [4.78, 5) is 29.1. The molecule has 154 valence electrons. The van der Waals surface area contributed by atoms with Gasteiger partial charge in [0, 0.05) is 49.0 Å². The predicted molar refractivity (Wildman–Crippen MR) is 80.7 cm³/mol. The number of carbonyl (C=O) groups is 3. The summed E-state index contributed by atoms with van der Waals surface area (Å²) in [6, 6.07) is 0. The molecule has 0 saturated carbocycles. The molecule has 0 spiro atoms. The van der Waals surface area contributed by atoms with Crippen molar-refractivity contribution in [1.82, 2.24) is 6.15 Å². The second-order valence-corrected chi connectivity index (χ2v) is 5.91. The molecule has 0 radical (unpaired) electrons. The molecule has 0 heterocycles. The number of rotatable bonds is 6. The van der Waals surface area contributed by atoms with E-state index in [0.717, 1.165) is 0 Å². The van der Waals surface area contributed by atoms with Gasteiger partial charge in [-0.2, -0.15) is 0 Å². The van der Waals surface area contributed by atoms with Crippen LogP contribution in [0.1, 0.15) is 60.8 Å². The first-order chi connectivity index (χ1) is 9.38. The fourth-order valence-corrected chi connectivity index (χ4v) is 1.00. The van der Waals surface area contributed by atoms with Crippen LogP contribution in [-0.4, -0.2) is 17.9 Å². The van der Waals surface area contributed by atoms with Crippen molar-refractivity contribution in [3.63, 3.8) is 0 Å². The van der Waals surface area contributed by atoms with Gasteiger partial charge in [-0.3, -0.25) is 0 Å². The molecule has 0 aliphatic carbocycles. The maximum atomic E-state index is 9.70. The second-order valence-electron chi connectivity index (χ2n) is 5.91. The van der Waals surface area contributed by atoms with Crippen molar-refractivity contribution >= 4 is 17.9 Å². The van der Waals surface area contributed by atoms with Crippen LogP contribution in [0.15, 0.2) is 0 Å². The average Bonchev–Trinajstić information content (AvgIpc) is 2.10. The van der Waals surface area contributed by atoms with Gasteiger partial charge in [0.1, 0.15) is 0 Å². The van der Waals surface area contributed by atoms with Crippen molar-refractivity contribution < 1.29 is 71.8 Å². The maximum Gasteiger partial charge on any atom is 0.0416 e. The Bertz CT molecular complexity index is 262. The molecule has 0 unspecified atom stereocenters. The van der Waals surface area contributed by atoms with Crippen LogP contribution < -0.4 is 21.5 Å². The van der Waals surface area contributed by atoms with Gasteiger partial charge in [-0.05, 0) is 37.0 Å². The third-order valence-electron chi connectivity index (χ3n) is 1.72. The summed E-state index contributed by atoms with van der Waals surface area (Å²) in [5, 5.41) is 29.1. The first kappa shape index (κ1) is 44.1. The van der Waals surface area contributed by atoms with Gasteiger partial charge in [0.05, 0.1) is 0 Å². The van der Waals surface area contributed by atoms with Crippen LogP contribution >= 0.6 is 0 Å². The number of carbonyl (C=O) groups excluding carboxylic acids is 3. The number of hydrogen-bond acceptors (Lipinski definition) is 6. The van der Waals surface area contributed by atoms with Crippen LogP contribution in [0.5, 0.6) is 0 Å². The molecule has 9 nitrogen and oxygen atoms in total. The molecule has 0 aliphatic rings. The van der Waals surface area contributed by atoms with Crippen LogP contribution in [0, 0.1) is 48.9 Å². The van der Waals surface area contributed by atoms with Gasteiger partial charge >= 0.3 is 0 Å². The summed E-state index contributed by atoms with van der Waals surface area (Å²) >= 11 is 0. The Morgan fingerprint density at radius 1 is 0.600 bits per heavy atom. The molecule has 0 aromatic carbocycles. The minimum absolute atomic E-state index is 0. The first-order valence-corrected chi connectivity index (χ1v) is 6.97. The summed E-state index contributed by atoms with van der Waals surface area (Å²) in [6.07, 6.45) is 0.500. The number of carboxylic acid groups (broad SMARTS) is 3. The normalized spacial score (nSPS) is 8.04. The Morgan fingerprint density at radius 3 is 0.720 bits per heavy atom. The molecule has 0 aliphatic heterocycles. The van der Waals surface area contributed by atoms with Gasteiger partial charge in [-0.15, -0.1) is 0 Å². The Balaban J connectivity index is -0.0000000360. The average molecular weight is 591 g/mol. The van der Waals surface area contributed by atoms with E-state index in [2.05, 4.69) is 0 Å².